The summed E-state index contributed by atoms with van der Waals surface area (Å²) in [4.78, 5) is 25.9. The molecule has 0 atom stereocenters. The largest absolute Gasteiger partial charge is 0.465 e. The van der Waals surface area contributed by atoms with Crippen LogP contribution in [0.2, 0.25) is 10.0 Å². The van der Waals surface area contributed by atoms with Crippen molar-refractivity contribution >= 4 is 63.2 Å². The Morgan fingerprint density at radius 1 is 1.25 bits per heavy atom. The second-order valence-corrected chi connectivity index (χ2v) is 9.71. The average molecular weight is 513 g/mol. The lowest BCUT2D eigenvalue weighted by atomic mass is 10.1. The predicted molar refractivity (Wildman–Crippen MR) is 130 cm³/mol. The van der Waals surface area contributed by atoms with Gasteiger partial charge < -0.3 is 14.6 Å². The zero-order valence-electron chi connectivity index (χ0n) is 18.0. The number of nitrogens with zero attached hydrogens (tertiary/aromatic N) is 3. The molecule has 0 unspecified atom stereocenters. The number of rotatable bonds is 8. The van der Waals surface area contributed by atoms with E-state index in [2.05, 4.69) is 15.5 Å². The smallest absolute Gasteiger partial charge is 0.341 e. The molecular weight excluding hydrogens is 491 g/mol. The highest BCUT2D eigenvalue weighted by atomic mass is 35.5. The van der Waals surface area contributed by atoms with E-state index in [9.17, 15) is 9.59 Å². The van der Waals surface area contributed by atoms with E-state index in [0.717, 1.165) is 10.4 Å². The van der Waals surface area contributed by atoms with E-state index >= 15 is 0 Å². The highest BCUT2D eigenvalue weighted by Gasteiger charge is 2.23. The topological polar surface area (TPSA) is 86.1 Å². The van der Waals surface area contributed by atoms with Crippen molar-refractivity contribution in [3.05, 3.63) is 44.2 Å². The fourth-order valence-electron chi connectivity index (χ4n) is 3.25. The first-order valence-electron chi connectivity index (χ1n) is 9.82. The van der Waals surface area contributed by atoms with E-state index in [1.807, 2.05) is 25.3 Å². The van der Waals surface area contributed by atoms with Crippen LogP contribution in [-0.4, -0.2) is 39.5 Å². The lowest BCUT2D eigenvalue weighted by Crippen LogP contribution is -2.16. The van der Waals surface area contributed by atoms with E-state index in [4.69, 9.17) is 27.9 Å². The number of anilines is 1. The molecule has 2 aromatic heterocycles. The molecule has 0 saturated heterocycles. The molecule has 0 radical (unpaired) electrons. The van der Waals surface area contributed by atoms with E-state index in [-0.39, 0.29) is 11.7 Å². The Labute approximate surface area is 204 Å². The summed E-state index contributed by atoms with van der Waals surface area (Å²) in [6, 6.07) is 5.19. The molecule has 0 spiro atoms. The number of carbonyl (C=O) groups excluding carboxylic acids is 2. The maximum atomic E-state index is 12.7. The van der Waals surface area contributed by atoms with E-state index < -0.39 is 5.97 Å². The lowest BCUT2D eigenvalue weighted by molar-refractivity contribution is -0.113. The Kier molecular flexibility index (Phi) is 8.21. The Morgan fingerprint density at radius 3 is 2.62 bits per heavy atom. The molecule has 1 amide bonds. The molecule has 170 valence electrons. The van der Waals surface area contributed by atoms with Gasteiger partial charge in [-0.15, -0.1) is 21.5 Å². The molecular formula is C21H22Cl2N4O3S2. The van der Waals surface area contributed by atoms with Gasteiger partial charge in [0.2, 0.25) is 5.91 Å². The number of thioether (sulfide) groups is 1. The van der Waals surface area contributed by atoms with Crippen LogP contribution < -0.4 is 5.32 Å². The Bertz CT molecular complexity index is 1160. The van der Waals surface area contributed by atoms with Crippen molar-refractivity contribution in [2.75, 3.05) is 18.2 Å². The minimum atomic E-state index is -0.454. The zero-order chi connectivity index (χ0) is 23.4. The van der Waals surface area contributed by atoms with Crippen molar-refractivity contribution in [3.63, 3.8) is 0 Å². The lowest BCUT2D eigenvalue weighted by Gasteiger charge is -2.09. The SMILES string of the molecule is CCc1c(C)sc(NC(=O)CSc2nnc(-c3ccc(Cl)cc3Cl)n2CC)c1C(=O)OC. The van der Waals surface area contributed by atoms with E-state index in [1.54, 1.807) is 18.2 Å². The van der Waals surface area contributed by atoms with Gasteiger partial charge in [0.05, 0.1) is 23.4 Å². The van der Waals surface area contributed by atoms with Gasteiger partial charge in [0.25, 0.3) is 0 Å². The molecule has 11 heteroatoms. The molecule has 0 bridgehead atoms. The Morgan fingerprint density at radius 2 is 2.00 bits per heavy atom. The molecule has 0 aliphatic heterocycles. The molecule has 0 fully saturated rings. The standard InChI is InChI=1S/C21H22Cl2N4O3S2/c1-5-13-11(3)32-19(17(13)20(29)30-4)24-16(28)10-31-21-26-25-18(27(21)6-2)14-8-7-12(22)9-15(14)23/h7-9H,5-6,10H2,1-4H3,(H,24,28). The van der Waals surface area contributed by atoms with Gasteiger partial charge in [0, 0.05) is 22.0 Å². The number of methoxy groups -OCH3 is 1. The fraction of sp³-hybridized carbons (Fsp3) is 0.333. The number of benzene rings is 1. The van der Waals surface area contributed by atoms with Crippen LogP contribution in [0, 0.1) is 6.92 Å². The van der Waals surface area contributed by atoms with Crippen LogP contribution >= 0.6 is 46.3 Å². The number of ether oxygens (including phenoxy) is 1. The van der Waals surface area contributed by atoms with Crippen molar-refractivity contribution in [1.82, 2.24) is 14.8 Å². The maximum Gasteiger partial charge on any atom is 0.341 e. The summed E-state index contributed by atoms with van der Waals surface area (Å²) in [5, 5.41) is 13.4. The number of hydrogen-bond acceptors (Lipinski definition) is 7. The summed E-state index contributed by atoms with van der Waals surface area (Å²) >= 11 is 14.9. The normalized spacial score (nSPS) is 10.9. The highest BCUT2D eigenvalue weighted by Crippen LogP contribution is 2.35. The first kappa shape index (κ1) is 24.6. The van der Waals surface area contributed by atoms with Crippen molar-refractivity contribution in [2.24, 2.45) is 0 Å². The first-order valence-corrected chi connectivity index (χ1v) is 12.4. The maximum absolute atomic E-state index is 12.7. The molecule has 0 saturated carbocycles. The summed E-state index contributed by atoms with van der Waals surface area (Å²) in [7, 11) is 1.33. The average Bonchev–Trinajstić information content (AvgIpc) is 3.31. The number of nitrogens with one attached hydrogen (secondary N) is 1. The number of carbonyl (C=O) groups is 2. The van der Waals surface area contributed by atoms with Gasteiger partial charge in [-0.2, -0.15) is 0 Å². The van der Waals surface area contributed by atoms with Crippen molar-refractivity contribution in [2.45, 2.75) is 38.9 Å². The number of halogens is 2. The van der Waals surface area contributed by atoms with Gasteiger partial charge in [0.15, 0.2) is 11.0 Å². The number of esters is 1. The highest BCUT2D eigenvalue weighted by molar-refractivity contribution is 7.99. The van der Waals surface area contributed by atoms with Gasteiger partial charge in [-0.05, 0) is 44.0 Å². The summed E-state index contributed by atoms with van der Waals surface area (Å²) in [5.74, 6) is 0.00238. The molecule has 3 aromatic rings. The van der Waals surface area contributed by atoms with Gasteiger partial charge in [0.1, 0.15) is 5.00 Å². The van der Waals surface area contributed by atoms with Crippen LogP contribution in [0.3, 0.4) is 0 Å². The second kappa shape index (κ2) is 10.7. The zero-order valence-corrected chi connectivity index (χ0v) is 21.1. The number of aromatic nitrogens is 3. The molecule has 0 aliphatic carbocycles. The minimum absolute atomic E-state index is 0.103. The summed E-state index contributed by atoms with van der Waals surface area (Å²) in [6.45, 7) is 6.45. The fourth-order valence-corrected chi connectivity index (χ4v) is 5.70. The summed E-state index contributed by atoms with van der Waals surface area (Å²) < 4.78 is 6.79. The molecule has 1 N–H and O–H groups in total. The van der Waals surface area contributed by atoms with Crippen molar-refractivity contribution in [1.29, 1.82) is 0 Å². The van der Waals surface area contributed by atoms with Crippen molar-refractivity contribution < 1.29 is 14.3 Å². The van der Waals surface area contributed by atoms with Gasteiger partial charge >= 0.3 is 5.97 Å². The van der Waals surface area contributed by atoms with Crippen LogP contribution in [0.4, 0.5) is 5.00 Å². The second-order valence-electron chi connectivity index (χ2n) is 6.70. The van der Waals surface area contributed by atoms with Crippen LogP contribution in [0.15, 0.2) is 23.4 Å². The quantitative estimate of drug-likeness (QED) is 0.306. The van der Waals surface area contributed by atoms with Gasteiger partial charge in [-0.25, -0.2) is 4.79 Å². The van der Waals surface area contributed by atoms with Crippen LogP contribution in [0.5, 0.6) is 0 Å². The van der Waals surface area contributed by atoms with E-state index in [1.165, 1.54) is 30.2 Å². The molecule has 2 heterocycles. The number of thiophene rings is 1. The van der Waals surface area contributed by atoms with Crippen LogP contribution in [0.1, 0.15) is 34.6 Å². The molecule has 7 nitrogen and oxygen atoms in total. The van der Waals surface area contributed by atoms with E-state index in [0.29, 0.717) is 50.1 Å². The van der Waals surface area contributed by atoms with Crippen molar-refractivity contribution in [3.8, 4) is 11.4 Å². The third-order valence-electron chi connectivity index (χ3n) is 4.74. The van der Waals surface area contributed by atoms with Gasteiger partial charge in [-0.3, -0.25) is 4.79 Å². The third kappa shape index (κ3) is 5.11. The predicted octanol–water partition coefficient (Wildman–Crippen LogP) is 5.72. The van der Waals surface area contributed by atoms with Crippen LogP contribution in [0.25, 0.3) is 11.4 Å². The molecule has 32 heavy (non-hydrogen) atoms. The molecule has 1 aromatic carbocycles. The molecule has 0 aliphatic rings. The summed E-state index contributed by atoms with van der Waals surface area (Å²) in [5.41, 5.74) is 2.03. The summed E-state index contributed by atoms with van der Waals surface area (Å²) in [6.07, 6.45) is 0.674. The number of hydrogen-bond donors (Lipinski definition) is 1. The first-order chi connectivity index (χ1) is 15.3. The Balaban J connectivity index is 1.76. The Hall–Kier alpha value is -2.07. The molecule has 3 rings (SSSR count). The monoisotopic (exact) mass is 512 g/mol. The minimum Gasteiger partial charge on any atom is -0.465 e. The number of amides is 1. The van der Waals surface area contributed by atoms with Gasteiger partial charge in [-0.1, -0.05) is 41.9 Å². The number of aryl methyl sites for hydroxylation is 1. The van der Waals surface area contributed by atoms with Crippen LogP contribution in [-0.2, 0) is 22.5 Å². The third-order valence-corrected chi connectivity index (χ3v) is 7.32.